The van der Waals surface area contributed by atoms with Crippen molar-refractivity contribution in [2.75, 3.05) is 6.61 Å². The normalized spacial score (nSPS) is 11.2. The first-order valence-electron chi connectivity index (χ1n) is 7.11. The van der Waals surface area contributed by atoms with Crippen LogP contribution in [0, 0.1) is 0 Å². The highest BCUT2D eigenvalue weighted by Gasteiger charge is 2.31. The van der Waals surface area contributed by atoms with Gasteiger partial charge in [-0.05, 0) is 36.2 Å². The van der Waals surface area contributed by atoms with E-state index < -0.39 is 17.7 Å². The second-order valence-corrected chi connectivity index (χ2v) is 4.98. The van der Waals surface area contributed by atoms with Crippen LogP contribution in [0.3, 0.4) is 0 Å². The molecule has 0 spiro atoms. The Labute approximate surface area is 136 Å². The minimum absolute atomic E-state index is 0.00820. The molecule has 0 fully saturated rings. The van der Waals surface area contributed by atoms with E-state index in [1.807, 2.05) is 0 Å². The first kappa shape index (κ1) is 17.7. The lowest BCUT2D eigenvalue weighted by Crippen LogP contribution is -2.08. The van der Waals surface area contributed by atoms with Crippen LogP contribution < -0.4 is 0 Å². The van der Waals surface area contributed by atoms with Crippen LogP contribution in [0.1, 0.15) is 28.4 Å². The van der Waals surface area contributed by atoms with Gasteiger partial charge in [0.2, 0.25) is 0 Å². The monoisotopic (exact) mass is 337 g/mol. The molecule has 1 heterocycles. The zero-order chi connectivity index (χ0) is 17.7. The van der Waals surface area contributed by atoms with Gasteiger partial charge >= 0.3 is 12.1 Å². The summed E-state index contributed by atoms with van der Waals surface area (Å²) in [5.74, 6) is -0.431. The maximum Gasteiger partial charge on any atom is 0.416 e. The SMILES string of the molecule is CCOC(=O)Cc1cncc(-c2ccc(C(F)(F)F)cc2C=O)c1. The lowest BCUT2D eigenvalue weighted by molar-refractivity contribution is -0.142. The van der Waals surface area contributed by atoms with E-state index in [0.29, 0.717) is 23.0 Å². The molecular formula is C17H14F3NO3. The van der Waals surface area contributed by atoms with Gasteiger partial charge in [0.05, 0.1) is 18.6 Å². The largest absolute Gasteiger partial charge is 0.466 e. The number of aldehydes is 1. The highest BCUT2D eigenvalue weighted by Crippen LogP contribution is 2.33. The lowest BCUT2D eigenvalue weighted by atomic mass is 9.98. The van der Waals surface area contributed by atoms with Gasteiger partial charge in [-0.3, -0.25) is 14.6 Å². The van der Waals surface area contributed by atoms with Crippen LogP contribution in [0.4, 0.5) is 13.2 Å². The predicted molar refractivity (Wildman–Crippen MR) is 80.4 cm³/mol. The number of hydrogen-bond acceptors (Lipinski definition) is 4. The molecule has 0 N–H and O–H groups in total. The van der Waals surface area contributed by atoms with Crippen molar-refractivity contribution in [3.63, 3.8) is 0 Å². The fraction of sp³-hybridized carbons (Fsp3) is 0.235. The Morgan fingerprint density at radius 3 is 2.62 bits per heavy atom. The number of hydrogen-bond donors (Lipinski definition) is 0. The second kappa shape index (κ2) is 7.25. The maximum atomic E-state index is 12.7. The van der Waals surface area contributed by atoms with Crippen LogP contribution in [0.5, 0.6) is 0 Å². The Bertz CT molecular complexity index is 757. The number of rotatable bonds is 5. The summed E-state index contributed by atoms with van der Waals surface area (Å²) >= 11 is 0. The zero-order valence-corrected chi connectivity index (χ0v) is 12.8. The zero-order valence-electron chi connectivity index (χ0n) is 12.8. The third-order valence-electron chi connectivity index (χ3n) is 3.27. The van der Waals surface area contributed by atoms with E-state index in [0.717, 1.165) is 12.1 Å². The number of carbonyl (C=O) groups is 2. The van der Waals surface area contributed by atoms with Crippen molar-refractivity contribution in [2.45, 2.75) is 19.5 Å². The average molecular weight is 337 g/mol. The fourth-order valence-corrected chi connectivity index (χ4v) is 2.21. The van der Waals surface area contributed by atoms with Crippen LogP contribution in [-0.2, 0) is 22.1 Å². The van der Waals surface area contributed by atoms with Crippen LogP contribution in [0.2, 0.25) is 0 Å². The highest BCUT2D eigenvalue weighted by atomic mass is 19.4. The Morgan fingerprint density at radius 1 is 1.25 bits per heavy atom. The summed E-state index contributed by atoms with van der Waals surface area (Å²) in [6.07, 6.45) is -1.29. The van der Waals surface area contributed by atoms with E-state index in [9.17, 15) is 22.8 Å². The summed E-state index contributed by atoms with van der Waals surface area (Å²) in [4.78, 5) is 26.6. The minimum atomic E-state index is -4.53. The van der Waals surface area contributed by atoms with Gasteiger partial charge in [-0.1, -0.05) is 6.07 Å². The summed E-state index contributed by atoms with van der Waals surface area (Å²) in [5, 5.41) is 0. The molecule has 0 aliphatic rings. The van der Waals surface area contributed by atoms with E-state index in [2.05, 4.69) is 4.98 Å². The standard InChI is InChI=1S/C17H14F3NO3/c1-2-24-16(23)6-11-5-12(9-21-8-11)15-4-3-14(17(18,19)20)7-13(15)10-22/h3-5,7-10H,2,6H2,1H3. The molecule has 0 bridgehead atoms. The van der Waals surface area contributed by atoms with Crippen molar-refractivity contribution >= 4 is 12.3 Å². The quantitative estimate of drug-likeness (QED) is 0.617. The molecule has 126 valence electrons. The molecule has 2 aromatic rings. The first-order chi connectivity index (χ1) is 11.3. The Morgan fingerprint density at radius 2 is 2.00 bits per heavy atom. The number of pyridine rings is 1. The molecule has 0 radical (unpaired) electrons. The van der Waals surface area contributed by atoms with Crippen molar-refractivity contribution < 1.29 is 27.5 Å². The Hall–Kier alpha value is -2.70. The van der Waals surface area contributed by atoms with Gasteiger partial charge in [-0.25, -0.2) is 0 Å². The molecule has 24 heavy (non-hydrogen) atoms. The number of carbonyl (C=O) groups excluding carboxylic acids is 2. The van der Waals surface area contributed by atoms with E-state index in [1.54, 1.807) is 13.0 Å². The molecule has 0 amide bonds. The fourth-order valence-electron chi connectivity index (χ4n) is 2.21. The van der Waals surface area contributed by atoms with Gasteiger partial charge in [0.1, 0.15) is 0 Å². The molecule has 2 rings (SSSR count). The summed E-state index contributed by atoms with van der Waals surface area (Å²) in [7, 11) is 0. The van der Waals surface area contributed by atoms with Crippen molar-refractivity contribution in [3.8, 4) is 11.1 Å². The van der Waals surface area contributed by atoms with Crippen molar-refractivity contribution in [2.24, 2.45) is 0 Å². The molecule has 0 saturated carbocycles. The lowest BCUT2D eigenvalue weighted by Gasteiger charge is -2.11. The van der Waals surface area contributed by atoms with E-state index in [4.69, 9.17) is 4.74 Å². The van der Waals surface area contributed by atoms with Crippen molar-refractivity contribution in [3.05, 3.63) is 53.3 Å². The molecule has 0 aliphatic carbocycles. The van der Waals surface area contributed by atoms with Gasteiger partial charge < -0.3 is 4.74 Å². The smallest absolute Gasteiger partial charge is 0.416 e. The summed E-state index contributed by atoms with van der Waals surface area (Å²) in [5.41, 5.74) is 0.315. The van der Waals surface area contributed by atoms with E-state index >= 15 is 0 Å². The van der Waals surface area contributed by atoms with Gasteiger partial charge in [0, 0.05) is 23.5 Å². The second-order valence-electron chi connectivity index (χ2n) is 4.98. The predicted octanol–water partition coefficient (Wildman–Crippen LogP) is 3.69. The molecule has 0 aliphatic heterocycles. The van der Waals surface area contributed by atoms with Crippen LogP contribution in [-0.4, -0.2) is 23.8 Å². The number of aromatic nitrogens is 1. The number of benzene rings is 1. The third kappa shape index (κ3) is 4.18. The average Bonchev–Trinajstić information content (AvgIpc) is 2.53. The molecular weight excluding hydrogens is 323 g/mol. The molecule has 7 heteroatoms. The van der Waals surface area contributed by atoms with E-state index in [1.165, 1.54) is 18.5 Å². The van der Waals surface area contributed by atoms with E-state index in [-0.39, 0.29) is 18.6 Å². The number of esters is 1. The Balaban J connectivity index is 2.38. The van der Waals surface area contributed by atoms with Crippen LogP contribution in [0.15, 0.2) is 36.7 Å². The van der Waals surface area contributed by atoms with Gasteiger partial charge in [-0.15, -0.1) is 0 Å². The van der Waals surface area contributed by atoms with Crippen LogP contribution >= 0.6 is 0 Å². The number of alkyl halides is 3. The molecule has 1 aromatic carbocycles. The topological polar surface area (TPSA) is 56.3 Å². The molecule has 0 atom stereocenters. The molecule has 0 unspecified atom stereocenters. The van der Waals surface area contributed by atoms with Crippen molar-refractivity contribution in [1.82, 2.24) is 4.98 Å². The first-order valence-corrected chi connectivity index (χ1v) is 7.11. The highest BCUT2D eigenvalue weighted by molar-refractivity contribution is 5.88. The molecule has 0 saturated heterocycles. The minimum Gasteiger partial charge on any atom is -0.466 e. The van der Waals surface area contributed by atoms with Gasteiger partial charge in [-0.2, -0.15) is 13.2 Å². The third-order valence-corrected chi connectivity index (χ3v) is 3.27. The van der Waals surface area contributed by atoms with Crippen LogP contribution in [0.25, 0.3) is 11.1 Å². The molecule has 1 aromatic heterocycles. The number of nitrogens with zero attached hydrogens (tertiary/aromatic N) is 1. The summed E-state index contributed by atoms with van der Waals surface area (Å²) in [6.45, 7) is 1.94. The summed E-state index contributed by atoms with van der Waals surface area (Å²) in [6, 6.07) is 4.51. The number of halogens is 3. The Kier molecular flexibility index (Phi) is 5.33. The van der Waals surface area contributed by atoms with Gasteiger partial charge in [0.25, 0.3) is 0 Å². The maximum absolute atomic E-state index is 12.7. The summed E-state index contributed by atoms with van der Waals surface area (Å²) < 4.78 is 43.1. The van der Waals surface area contributed by atoms with Crippen molar-refractivity contribution in [1.29, 1.82) is 0 Å². The molecule has 4 nitrogen and oxygen atoms in total. The van der Waals surface area contributed by atoms with Gasteiger partial charge in [0.15, 0.2) is 6.29 Å². The number of ether oxygens (including phenoxy) is 1.